The molecule has 0 aliphatic rings. The summed E-state index contributed by atoms with van der Waals surface area (Å²) >= 11 is 0. The molecule has 5 heteroatoms. The Morgan fingerprint density at radius 2 is 1.46 bits per heavy atom. The third kappa shape index (κ3) is 3.47. The van der Waals surface area contributed by atoms with E-state index in [0.29, 0.717) is 11.1 Å². The van der Waals surface area contributed by atoms with E-state index in [2.05, 4.69) is 0 Å². The number of carbonyl (C=O) groups excluding carboxylic acids is 1. The maximum Gasteiger partial charge on any atom is 0.343 e. The van der Waals surface area contributed by atoms with E-state index < -0.39 is 23.4 Å². The topological polar surface area (TPSA) is 26.3 Å². The van der Waals surface area contributed by atoms with Crippen LogP contribution in [0.1, 0.15) is 21.5 Å². The normalized spacial score (nSPS) is 10.7. The first kappa shape index (κ1) is 17.7. The van der Waals surface area contributed by atoms with Crippen molar-refractivity contribution in [1.29, 1.82) is 0 Å². The average molecular weight is 356 g/mol. The van der Waals surface area contributed by atoms with Gasteiger partial charge in [-0.3, -0.25) is 0 Å². The molecule has 0 aliphatic heterocycles. The lowest BCUT2D eigenvalue weighted by molar-refractivity contribution is 0.0734. The van der Waals surface area contributed by atoms with Gasteiger partial charge < -0.3 is 4.74 Å². The molecule has 3 rings (SSSR count). The summed E-state index contributed by atoms with van der Waals surface area (Å²) in [5, 5.41) is 0. The molecule has 0 aromatic heterocycles. The monoisotopic (exact) mass is 356 g/mol. The van der Waals surface area contributed by atoms with Crippen LogP contribution in [0.2, 0.25) is 0 Å². The Morgan fingerprint density at radius 3 is 2.12 bits per heavy atom. The lowest BCUT2D eigenvalue weighted by Crippen LogP contribution is -2.08. The van der Waals surface area contributed by atoms with Crippen LogP contribution < -0.4 is 4.74 Å². The van der Waals surface area contributed by atoms with Gasteiger partial charge in [-0.05, 0) is 48.7 Å². The van der Waals surface area contributed by atoms with Crippen LogP contribution >= 0.6 is 0 Å². The third-order valence-corrected chi connectivity index (χ3v) is 4.06. The molecule has 0 saturated heterocycles. The molecule has 3 aromatic carbocycles. The van der Waals surface area contributed by atoms with Crippen molar-refractivity contribution in [3.63, 3.8) is 0 Å². The van der Waals surface area contributed by atoms with Gasteiger partial charge in [0.25, 0.3) is 0 Å². The fourth-order valence-corrected chi connectivity index (χ4v) is 2.46. The summed E-state index contributed by atoms with van der Waals surface area (Å²) in [5.74, 6) is -2.88. The zero-order valence-corrected chi connectivity index (χ0v) is 14.1. The van der Waals surface area contributed by atoms with Gasteiger partial charge >= 0.3 is 5.97 Å². The summed E-state index contributed by atoms with van der Waals surface area (Å²) in [4.78, 5) is 12.1. The van der Waals surface area contributed by atoms with E-state index >= 15 is 0 Å². The maximum absolute atomic E-state index is 14.1. The van der Waals surface area contributed by atoms with E-state index in [1.165, 1.54) is 55.5 Å². The van der Waals surface area contributed by atoms with Gasteiger partial charge in [-0.2, -0.15) is 0 Å². The SMILES string of the molecule is Cc1ccc(OC(=O)c2ccc(-c3ccc(C)c(F)c3F)cc2)cc1F. The van der Waals surface area contributed by atoms with Crippen molar-refractivity contribution in [3.05, 3.63) is 88.7 Å². The molecule has 132 valence electrons. The van der Waals surface area contributed by atoms with E-state index in [1.807, 2.05) is 0 Å². The predicted molar refractivity (Wildman–Crippen MR) is 92.6 cm³/mol. The number of benzene rings is 3. The minimum absolute atomic E-state index is 0.0915. The fourth-order valence-electron chi connectivity index (χ4n) is 2.46. The number of hydrogen-bond acceptors (Lipinski definition) is 2. The fraction of sp³-hybridized carbons (Fsp3) is 0.0952. The molecule has 3 aromatic rings. The number of ether oxygens (including phenoxy) is 1. The Morgan fingerprint density at radius 1 is 0.808 bits per heavy atom. The molecule has 0 radical (unpaired) electrons. The van der Waals surface area contributed by atoms with Gasteiger partial charge in [0.1, 0.15) is 11.6 Å². The van der Waals surface area contributed by atoms with Crippen molar-refractivity contribution in [2.75, 3.05) is 0 Å². The van der Waals surface area contributed by atoms with Crippen molar-refractivity contribution < 1.29 is 22.7 Å². The minimum Gasteiger partial charge on any atom is -0.423 e. The number of esters is 1. The molecule has 0 N–H and O–H groups in total. The van der Waals surface area contributed by atoms with Gasteiger partial charge in [-0.15, -0.1) is 0 Å². The van der Waals surface area contributed by atoms with Crippen LogP contribution in [-0.2, 0) is 0 Å². The van der Waals surface area contributed by atoms with Gasteiger partial charge in [0, 0.05) is 11.6 Å². The van der Waals surface area contributed by atoms with Crippen LogP contribution in [0.3, 0.4) is 0 Å². The Bertz CT molecular complexity index is 979. The molecule has 2 nitrogen and oxygen atoms in total. The van der Waals surface area contributed by atoms with E-state index in [9.17, 15) is 18.0 Å². The van der Waals surface area contributed by atoms with E-state index in [0.717, 1.165) is 6.07 Å². The molecule has 0 atom stereocenters. The summed E-state index contributed by atoms with van der Waals surface area (Å²) < 4.78 is 46.4. The van der Waals surface area contributed by atoms with Crippen LogP contribution in [0.4, 0.5) is 13.2 Å². The standard InChI is InChI=1S/C21H15F3O2/c1-12-3-9-16(11-18(12)22)26-21(25)15-7-5-14(6-8-15)17-10-4-13(2)19(23)20(17)24/h3-11H,1-2H3. The van der Waals surface area contributed by atoms with Gasteiger partial charge in [0.15, 0.2) is 11.6 Å². The zero-order valence-electron chi connectivity index (χ0n) is 14.1. The van der Waals surface area contributed by atoms with E-state index in [4.69, 9.17) is 4.74 Å². The summed E-state index contributed by atoms with van der Waals surface area (Å²) in [7, 11) is 0. The second-order valence-corrected chi connectivity index (χ2v) is 5.94. The molecule has 0 bridgehead atoms. The Hall–Kier alpha value is -3.08. The smallest absolute Gasteiger partial charge is 0.343 e. The molecule has 0 fully saturated rings. The van der Waals surface area contributed by atoms with Gasteiger partial charge in [-0.1, -0.05) is 30.3 Å². The molecule has 26 heavy (non-hydrogen) atoms. The number of carbonyl (C=O) groups is 1. The predicted octanol–water partition coefficient (Wildman–Crippen LogP) is 5.61. The molecule has 0 aliphatic carbocycles. The Balaban J connectivity index is 1.82. The van der Waals surface area contributed by atoms with Crippen LogP contribution in [0.25, 0.3) is 11.1 Å². The highest BCUT2D eigenvalue weighted by molar-refractivity contribution is 5.91. The lowest BCUT2D eigenvalue weighted by Gasteiger charge is -2.08. The van der Waals surface area contributed by atoms with Crippen molar-refractivity contribution in [3.8, 4) is 16.9 Å². The molecular formula is C21H15F3O2. The minimum atomic E-state index is -0.935. The largest absolute Gasteiger partial charge is 0.423 e. The average Bonchev–Trinajstić information content (AvgIpc) is 2.63. The van der Waals surface area contributed by atoms with Gasteiger partial charge in [0.2, 0.25) is 0 Å². The van der Waals surface area contributed by atoms with Crippen LogP contribution in [-0.4, -0.2) is 5.97 Å². The summed E-state index contributed by atoms with van der Waals surface area (Å²) in [6.07, 6.45) is 0. The van der Waals surface area contributed by atoms with Crippen molar-refractivity contribution >= 4 is 5.97 Å². The first-order chi connectivity index (χ1) is 12.4. The van der Waals surface area contributed by atoms with Crippen molar-refractivity contribution in [2.45, 2.75) is 13.8 Å². The molecule has 0 amide bonds. The number of aryl methyl sites for hydroxylation is 2. The number of hydrogen-bond donors (Lipinski definition) is 0. The van der Waals surface area contributed by atoms with Crippen molar-refractivity contribution in [1.82, 2.24) is 0 Å². The van der Waals surface area contributed by atoms with Gasteiger partial charge in [0.05, 0.1) is 5.56 Å². The van der Waals surface area contributed by atoms with Crippen molar-refractivity contribution in [2.24, 2.45) is 0 Å². The molecule has 0 heterocycles. The van der Waals surface area contributed by atoms with Gasteiger partial charge in [-0.25, -0.2) is 18.0 Å². The van der Waals surface area contributed by atoms with Crippen LogP contribution in [0.15, 0.2) is 54.6 Å². The third-order valence-electron chi connectivity index (χ3n) is 4.06. The van der Waals surface area contributed by atoms with Crippen LogP contribution in [0.5, 0.6) is 5.75 Å². The highest BCUT2D eigenvalue weighted by atomic mass is 19.2. The molecule has 0 spiro atoms. The summed E-state index contributed by atoms with van der Waals surface area (Å²) in [5.41, 5.74) is 1.41. The quantitative estimate of drug-likeness (QED) is 0.451. The number of halogens is 3. The lowest BCUT2D eigenvalue weighted by atomic mass is 10.0. The Labute approximate surface area is 148 Å². The first-order valence-corrected chi connectivity index (χ1v) is 7.90. The van der Waals surface area contributed by atoms with E-state index in [1.54, 1.807) is 6.92 Å². The summed E-state index contributed by atoms with van der Waals surface area (Å²) in [6, 6.07) is 13.0. The Kier molecular flexibility index (Phi) is 4.80. The second kappa shape index (κ2) is 7.04. The zero-order chi connectivity index (χ0) is 18.8. The molecule has 0 unspecified atom stereocenters. The highest BCUT2D eigenvalue weighted by Gasteiger charge is 2.14. The van der Waals surface area contributed by atoms with Crippen LogP contribution in [0, 0.1) is 31.3 Å². The second-order valence-electron chi connectivity index (χ2n) is 5.94. The molecule has 0 saturated carbocycles. The highest BCUT2D eigenvalue weighted by Crippen LogP contribution is 2.27. The van der Waals surface area contributed by atoms with E-state index in [-0.39, 0.29) is 22.4 Å². The molecular weight excluding hydrogens is 341 g/mol. The number of rotatable bonds is 3. The maximum atomic E-state index is 14.1. The first-order valence-electron chi connectivity index (χ1n) is 7.90. The summed E-state index contributed by atoms with van der Waals surface area (Å²) in [6.45, 7) is 3.09.